The zero-order valence-corrected chi connectivity index (χ0v) is 8.62. The predicted octanol–water partition coefficient (Wildman–Crippen LogP) is 2.90. The average Bonchev–Trinajstić information content (AvgIpc) is 2.69. The number of halogens is 1. The Balaban J connectivity index is 1.85. The van der Waals surface area contributed by atoms with Gasteiger partial charge in [-0.15, -0.1) is 0 Å². The lowest BCUT2D eigenvalue weighted by molar-refractivity contribution is -0.111. The minimum atomic E-state index is -0.0838. The Morgan fingerprint density at radius 3 is 2.80 bits per heavy atom. The minimum absolute atomic E-state index is 0.0838. The second-order valence-corrected chi connectivity index (χ2v) is 4.20. The second-order valence-electron chi connectivity index (χ2n) is 4.20. The highest BCUT2D eigenvalue weighted by molar-refractivity contribution is 5.54. The first-order valence-electron chi connectivity index (χ1n) is 5.45. The Hall–Kier alpha value is -1.12. The first-order valence-corrected chi connectivity index (χ1v) is 5.45. The molecule has 2 atom stereocenters. The van der Waals surface area contributed by atoms with Crippen LogP contribution in [0.3, 0.4) is 0 Å². The van der Waals surface area contributed by atoms with Crippen LogP contribution in [0.25, 0.3) is 0 Å². The molecule has 2 aliphatic carbocycles. The largest absolute Gasteiger partial charge is 0.495 e. The molecule has 0 aromatic carbocycles. The highest BCUT2D eigenvalue weighted by atomic mass is 19.1. The molecular formula is C12H15FO2. The number of ether oxygens (including phenoxy) is 1. The van der Waals surface area contributed by atoms with Crippen LogP contribution in [-0.2, 0) is 9.53 Å². The smallest absolute Gasteiger partial charge is 0.123 e. The molecule has 2 aliphatic rings. The van der Waals surface area contributed by atoms with Crippen molar-refractivity contribution in [2.75, 3.05) is 0 Å². The highest BCUT2D eigenvalue weighted by Crippen LogP contribution is 2.30. The summed E-state index contributed by atoms with van der Waals surface area (Å²) in [6, 6.07) is 0. The van der Waals surface area contributed by atoms with Crippen molar-refractivity contribution in [3.05, 3.63) is 23.7 Å². The zero-order valence-electron chi connectivity index (χ0n) is 8.62. The van der Waals surface area contributed by atoms with Gasteiger partial charge in [-0.3, -0.25) is 0 Å². The predicted molar refractivity (Wildman–Crippen MR) is 54.8 cm³/mol. The van der Waals surface area contributed by atoms with Crippen molar-refractivity contribution in [2.24, 2.45) is 5.92 Å². The third kappa shape index (κ3) is 2.67. The van der Waals surface area contributed by atoms with E-state index in [1.54, 1.807) is 6.08 Å². The van der Waals surface area contributed by atoms with Gasteiger partial charge in [-0.2, -0.15) is 0 Å². The fourth-order valence-corrected chi connectivity index (χ4v) is 2.11. The van der Waals surface area contributed by atoms with Crippen LogP contribution in [0.2, 0.25) is 0 Å². The lowest BCUT2D eigenvalue weighted by atomic mass is 10.1. The van der Waals surface area contributed by atoms with Gasteiger partial charge in [-0.1, -0.05) is 0 Å². The van der Waals surface area contributed by atoms with Gasteiger partial charge in [0.05, 0.1) is 11.9 Å². The van der Waals surface area contributed by atoms with Crippen molar-refractivity contribution in [3.8, 4) is 0 Å². The molecule has 2 rings (SSSR count). The van der Waals surface area contributed by atoms with E-state index in [9.17, 15) is 9.18 Å². The quantitative estimate of drug-likeness (QED) is 0.669. The van der Waals surface area contributed by atoms with Crippen LogP contribution in [0.1, 0.15) is 32.1 Å². The molecule has 0 heterocycles. The topological polar surface area (TPSA) is 26.3 Å². The second kappa shape index (κ2) is 4.60. The van der Waals surface area contributed by atoms with Crippen LogP contribution in [0.5, 0.6) is 0 Å². The molecule has 0 unspecified atom stereocenters. The summed E-state index contributed by atoms with van der Waals surface area (Å²) in [5.74, 6) is 0.930. The van der Waals surface area contributed by atoms with Crippen LogP contribution in [0.15, 0.2) is 23.7 Å². The number of hydrogen-bond donors (Lipinski definition) is 0. The number of aldehydes is 1. The molecule has 82 valence electrons. The van der Waals surface area contributed by atoms with Crippen molar-refractivity contribution in [1.29, 1.82) is 0 Å². The number of hydrogen-bond acceptors (Lipinski definition) is 2. The van der Waals surface area contributed by atoms with Gasteiger partial charge >= 0.3 is 0 Å². The van der Waals surface area contributed by atoms with Crippen LogP contribution in [-0.4, -0.2) is 12.4 Å². The van der Waals surface area contributed by atoms with Gasteiger partial charge in [-0.25, -0.2) is 4.39 Å². The standard InChI is InChI=1S/C12H15FO2/c13-10-2-5-11(6-3-10)15-12-4-1-9(7-12)8-14/h2,5,8-9,12H,1,3-4,6-7H2/t9-,12+/m1/s1. The Kier molecular flexibility index (Phi) is 3.19. The third-order valence-electron chi connectivity index (χ3n) is 3.00. The molecule has 1 saturated carbocycles. The first kappa shape index (κ1) is 10.4. The normalized spacial score (nSPS) is 30.7. The minimum Gasteiger partial charge on any atom is -0.495 e. The fourth-order valence-electron chi connectivity index (χ4n) is 2.11. The maximum absolute atomic E-state index is 12.7. The summed E-state index contributed by atoms with van der Waals surface area (Å²) in [5, 5.41) is 0. The van der Waals surface area contributed by atoms with Crippen LogP contribution in [0.4, 0.5) is 4.39 Å². The Labute approximate surface area is 88.8 Å². The van der Waals surface area contributed by atoms with E-state index in [0.29, 0.717) is 12.8 Å². The van der Waals surface area contributed by atoms with E-state index in [1.807, 2.05) is 0 Å². The Morgan fingerprint density at radius 2 is 2.20 bits per heavy atom. The van der Waals surface area contributed by atoms with E-state index >= 15 is 0 Å². The summed E-state index contributed by atoms with van der Waals surface area (Å²) in [6.07, 6.45) is 8.09. The van der Waals surface area contributed by atoms with E-state index in [0.717, 1.165) is 31.3 Å². The molecule has 1 fully saturated rings. The summed E-state index contributed by atoms with van der Waals surface area (Å²) in [5.41, 5.74) is 0. The van der Waals surface area contributed by atoms with Crippen molar-refractivity contribution in [3.63, 3.8) is 0 Å². The van der Waals surface area contributed by atoms with Gasteiger partial charge in [0.15, 0.2) is 0 Å². The molecule has 0 aliphatic heterocycles. The van der Waals surface area contributed by atoms with E-state index in [-0.39, 0.29) is 17.8 Å². The van der Waals surface area contributed by atoms with Gasteiger partial charge in [0.2, 0.25) is 0 Å². The van der Waals surface area contributed by atoms with Gasteiger partial charge < -0.3 is 9.53 Å². The number of rotatable bonds is 3. The van der Waals surface area contributed by atoms with Crippen molar-refractivity contribution in [1.82, 2.24) is 0 Å². The fraction of sp³-hybridized carbons (Fsp3) is 0.583. The lowest BCUT2D eigenvalue weighted by Gasteiger charge is -2.17. The first-order chi connectivity index (χ1) is 7.28. The van der Waals surface area contributed by atoms with Crippen molar-refractivity contribution < 1.29 is 13.9 Å². The number of allylic oxidation sites excluding steroid dienone is 4. The molecule has 3 heteroatoms. The molecule has 0 spiro atoms. The summed E-state index contributed by atoms with van der Waals surface area (Å²) in [7, 11) is 0. The van der Waals surface area contributed by atoms with Gasteiger partial charge in [0, 0.05) is 18.8 Å². The number of carbonyl (C=O) groups excluding carboxylic acids is 1. The van der Waals surface area contributed by atoms with Crippen molar-refractivity contribution in [2.45, 2.75) is 38.2 Å². The Bertz CT molecular complexity index is 307. The summed E-state index contributed by atoms with van der Waals surface area (Å²) >= 11 is 0. The third-order valence-corrected chi connectivity index (χ3v) is 3.00. The maximum Gasteiger partial charge on any atom is 0.123 e. The van der Waals surface area contributed by atoms with E-state index in [4.69, 9.17) is 4.74 Å². The molecular weight excluding hydrogens is 195 g/mol. The lowest BCUT2D eigenvalue weighted by Crippen LogP contribution is -2.10. The monoisotopic (exact) mass is 210 g/mol. The highest BCUT2D eigenvalue weighted by Gasteiger charge is 2.26. The van der Waals surface area contributed by atoms with E-state index in [2.05, 4.69) is 0 Å². The summed E-state index contributed by atoms with van der Waals surface area (Å²) in [6.45, 7) is 0. The molecule has 0 radical (unpaired) electrons. The SMILES string of the molecule is O=C[C@@H]1CC[C@H](OC2=CC=C(F)CC2)C1. The maximum atomic E-state index is 12.7. The average molecular weight is 210 g/mol. The summed E-state index contributed by atoms with van der Waals surface area (Å²) < 4.78 is 18.4. The molecule has 0 aromatic heterocycles. The van der Waals surface area contributed by atoms with Gasteiger partial charge in [0.1, 0.15) is 12.1 Å². The van der Waals surface area contributed by atoms with Gasteiger partial charge in [0.25, 0.3) is 0 Å². The zero-order chi connectivity index (χ0) is 10.7. The molecule has 0 bridgehead atoms. The molecule has 2 nitrogen and oxygen atoms in total. The van der Waals surface area contributed by atoms with Gasteiger partial charge in [-0.05, 0) is 31.4 Å². The Morgan fingerprint density at radius 1 is 1.33 bits per heavy atom. The molecule has 0 saturated heterocycles. The van der Waals surface area contributed by atoms with Crippen LogP contribution >= 0.6 is 0 Å². The summed E-state index contributed by atoms with van der Waals surface area (Å²) in [4.78, 5) is 10.6. The van der Waals surface area contributed by atoms with E-state index < -0.39 is 0 Å². The molecule has 0 N–H and O–H groups in total. The molecule has 0 amide bonds. The van der Waals surface area contributed by atoms with Crippen LogP contribution in [0, 0.1) is 5.92 Å². The van der Waals surface area contributed by atoms with E-state index in [1.165, 1.54) is 6.08 Å². The molecule has 15 heavy (non-hydrogen) atoms. The number of carbonyl (C=O) groups is 1. The van der Waals surface area contributed by atoms with Crippen LogP contribution < -0.4 is 0 Å². The molecule has 0 aromatic rings. The van der Waals surface area contributed by atoms with Crippen molar-refractivity contribution >= 4 is 6.29 Å².